The first kappa shape index (κ1) is 94.9. The second kappa shape index (κ2) is 73.7. The third kappa shape index (κ3) is 74.9. The van der Waals surface area contributed by atoms with Crippen molar-refractivity contribution in [3.63, 3.8) is 0 Å². The SMILES string of the molecule is CC/C=C\C/C=C\C/C=C\C/C=C\C/C=C\CCCCCCCCCCCCCCCCCCCCCC(=O)OCC(O)COP(=O)(O)OCC(O)COP(=O)(O)OCC(COC(=O)CCCCCCC/C=C\C/C=C\C/C=C\CC)OC(=O)CCCCCCC/C=C\C/C=C\CCC. The molecule has 5 unspecified atom stereocenters. The molecule has 0 saturated heterocycles. The molecule has 99 heavy (non-hydrogen) atoms. The van der Waals surface area contributed by atoms with Crippen molar-refractivity contribution in [2.75, 3.05) is 39.6 Å². The van der Waals surface area contributed by atoms with Crippen LogP contribution >= 0.6 is 15.6 Å². The summed E-state index contributed by atoms with van der Waals surface area (Å²) in [5.41, 5.74) is 0. The van der Waals surface area contributed by atoms with Crippen LogP contribution in [-0.4, -0.2) is 95.9 Å². The molecule has 0 rings (SSSR count). The summed E-state index contributed by atoms with van der Waals surface area (Å²) >= 11 is 0. The molecule has 4 N–H and O–H groups in total. The summed E-state index contributed by atoms with van der Waals surface area (Å²) in [6.07, 6.45) is 87.2. The van der Waals surface area contributed by atoms with Crippen LogP contribution in [0.4, 0.5) is 0 Å². The van der Waals surface area contributed by atoms with Crippen LogP contribution in [0, 0.1) is 0 Å². The third-order valence-corrected chi connectivity index (χ3v) is 18.0. The third-order valence-electron chi connectivity index (χ3n) is 16.1. The number of unbranched alkanes of at least 4 members (excludes halogenated alkanes) is 30. The molecule has 0 fully saturated rings. The van der Waals surface area contributed by atoms with E-state index in [2.05, 4.69) is 142 Å². The number of esters is 3. The molecule has 0 bridgehead atoms. The molecule has 0 amide bonds. The van der Waals surface area contributed by atoms with Gasteiger partial charge in [-0.2, -0.15) is 0 Å². The lowest BCUT2D eigenvalue weighted by atomic mass is 10.0. The van der Waals surface area contributed by atoms with E-state index in [0.717, 1.165) is 154 Å². The van der Waals surface area contributed by atoms with Gasteiger partial charge in [0.05, 0.1) is 26.4 Å². The number of hydrogen-bond donors (Lipinski definition) is 4. The van der Waals surface area contributed by atoms with Gasteiger partial charge in [-0.1, -0.05) is 296 Å². The van der Waals surface area contributed by atoms with Gasteiger partial charge in [0.1, 0.15) is 25.4 Å². The monoisotopic (exact) mass is 1430 g/mol. The van der Waals surface area contributed by atoms with Crippen LogP contribution in [0.15, 0.2) is 122 Å². The maximum absolute atomic E-state index is 12.9. The van der Waals surface area contributed by atoms with E-state index in [4.69, 9.17) is 32.3 Å². The normalized spacial score (nSPS) is 14.7. The van der Waals surface area contributed by atoms with E-state index in [1.165, 1.54) is 103 Å². The van der Waals surface area contributed by atoms with Gasteiger partial charge in [0.15, 0.2) is 6.10 Å². The van der Waals surface area contributed by atoms with E-state index in [1.807, 2.05) is 0 Å². The Morgan fingerprint density at radius 2 is 0.535 bits per heavy atom. The molecule has 5 atom stereocenters. The zero-order valence-electron chi connectivity index (χ0n) is 62.1. The lowest BCUT2D eigenvalue weighted by molar-refractivity contribution is -0.161. The van der Waals surface area contributed by atoms with Crippen molar-refractivity contribution in [1.82, 2.24) is 0 Å². The lowest BCUT2D eigenvalue weighted by Gasteiger charge is -2.21. The van der Waals surface area contributed by atoms with Gasteiger partial charge in [0, 0.05) is 19.3 Å². The Hall–Kier alpha value is -4.05. The predicted octanol–water partition coefficient (Wildman–Crippen LogP) is 22.5. The van der Waals surface area contributed by atoms with Gasteiger partial charge in [0.2, 0.25) is 0 Å². The lowest BCUT2D eigenvalue weighted by Crippen LogP contribution is -2.30. The average molecular weight is 1430 g/mol. The zero-order valence-corrected chi connectivity index (χ0v) is 63.9. The molecule has 0 aromatic rings. The molecule has 0 radical (unpaired) electrons. The quantitative estimate of drug-likeness (QED) is 0.0146. The maximum Gasteiger partial charge on any atom is 0.472 e. The fourth-order valence-corrected chi connectivity index (χ4v) is 11.9. The topological polar surface area (TPSA) is 231 Å². The number of hydrogen-bond acceptors (Lipinski definition) is 14. The summed E-state index contributed by atoms with van der Waals surface area (Å²) in [5, 5.41) is 20.6. The minimum absolute atomic E-state index is 0.0834. The second-order valence-electron chi connectivity index (χ2n) is 25.7. The van der Waals surface area contributed by atoms with Gasteiger partial charge in [0.25, 0.3) is 0 Å². The van der Waals surface area contributed by atoms with Crippen molar-refractivity contribution >= 4 is 33.6 Å². The first-order valence-corrected chi connectivity index (χ1v) is 41.8. The van der Waals surface area contributed by atoms with Crippen LogP contribution < -0.4 is 0 Å². The van der Waals surface area contributed by atoms with Gasteiger partial charge in [-0.05, 0) is 122 Å². The summed E-state index contributed by atoms with van der Waals surface area (Å²) in [4.78, 5) is 58.4. The number of phosphoric acid groups is 2. The second-order valence-corrected chi connectivity index (χ2v) is 28.7. The summed E-state index contributed by atoms with van der Waals surface area (Å²) in [5.74, 6) is -1.61. The number of ether oxygens (including phenoxy) is 3. The summed E-state index contributed by atoms with van der Waals surface area (Å²) in [7, 11) is -9.79. The highest BCUT2D eigenvalue weighted by Gasteiger charge is 2.29. The van der Waals surface area contributed by atoms with Crippen molar-refractivity contribution in [3.05, 3.63) is 122 Å². The van der Waals surface area contributed by atoms with Gasteiger partial charge in [-0.15, -0.1) is 0 Å². The molecular formula is C81H140O16P2. The van der Waals surface area contributed by atoms with E-state index in [-0.39, 0.29) is 19.3 Å². The van der Waals surface area contributed by atoms with Crippen molar-refractivity contribution in [2.45, 2.75) is 334 Å². The first-order valence-electron chi connectivity index (χ1n) is 38.8. The van der Waals surface area contributed by atoms with E-state index in [0.29, 0.717) is 19.3 Å². The molecule has 0 aliphatic rings. The van der Waals surface area contributed by atoms with Crippen molar-refractivity contribution < 1.29 is 75.8 Å². The molecular weight excluding hydrogens is 1290 g/mol. The number of carbonyl (C=O) groups is 3. The minimum atomic E-state index is -4.93. The van der Waals surface area contributed by atoms with Gasteiger partial charge >= 0.3 is 33.6 Å². The molecule has 0 saturated carbocycles. The molecule has 570 valence electrons. The fourth-order valence-electron chi connectivity index (χ4n) is 10.3. The standard InChI is InChI=1S/C81H140O16P2/c1-4-7-10-13-16-19-22-25-27-28-29-30-31-32-33-34-35-36-37-38-39-40-41-42-43-44-45-46-48-51-52-55-58-61-64-67-79(84)91-70-76(82)71-93-98(87,88)94-72-77(83)73-95-99(89,90)96-75-78(97-81(86)69-66-63-60-57-54-49-24-21-18-15-12-9-6-3)74-92-80(85)68-65-62-59-56-53-50-47-26-23-20-17-14-11-8-5-2/h7-8,10-12,15-17,19-21,24-27,29-30,32-33,47,76-78,82-83H,4-6,9,13-14,18,22-23,28,31,34-46,48-75H2,1-3H3,(H,87,88)(H,89,90)/b10-7-,11-8-,15-12-,19-16-,20-17-,24-21-,27-25-,30-29-,33-32-,47-26-. The van der Waals surface area contributed by atoms with Gasteiger partial charge in [-0.3, -0.25) is 32.5 Å². The summed E-state index contributed by atoms with van der Waals surface area (Å²) in [6.45, 7) is 2.36. The number of rotatable bonds is 73. The molecule has 0 spiro atoms. The number of phosphoric ester groups is 2. The minimum Gasteiger partial charge on any atom is -0.463 e. The van der Waals surface area contributed by atoms with Crippen LogP contribution in [0.1, 0.15) is 316 Å². The predicted molar refractivity (Wildman–Crippen MR) is 408 cm³/mol. The molecule has 0 aromatic heterocycles. The smallest absolute Gasteiger partial charge is 0.463 e. The van der Waals surface area contributed by atoms with Gasteiger partial charge < -0.3 is 34.2 Å². The Morgan fingerprint density at radius 1 is 0.293 bits per heavy atom. The first-order chi connectivity index (χ1) is 48.2. The van der Waals surface area contributed by atoms with Crippen molar-refractivity contribution in [3.8, 4) is 0 Å². The van der Waals surface area contributed by atoms with E-state index in [9.17, 15) is 43.5 Å². The summed E-state index contributed by atoms with van der Waals surface area (Å²) < 4.78 is 61.0. The maximum atomic E-state index is 12.9. The number of aliphatic hydroxyl groups excluding tert-OH is 2. The molecule has 0 heterocycles. The number of allylic oxidation sites excluding steroid dienone is 20. The van der Waals surface area contributed by atoms with Crippen LogP contribution in [0.2, 0.25) is 0 Å². The van der Waals surface area contributed by atoms with Crippen molar-refractivity contribution in [2.24, 2.45) is 0 Å². The number of aliphatic hydroxyl groups is 2. The van der Waals surface area contributed by atoms with Crippen LogP contribution in [0.25, 0.3) is 0 Å². The molecule has 0 aromatic carbocycles. The Kier molecular flexibility index (Phi) is 70.7. The Labute approximate surface area is 602 Å². The Morgan fingerprint density at radius 3 is 0.848 bits per heavy atom. The van der Waals surface area contributed by atoms with Crippen molar-refractivity contribution in [1.29, 1.82) is 0 Å². The van der Waals surface area contributed by atoms with Gasteiger partial charge in [-0.25, -0.2) is 9.13 Å². The largest absolute Gasteiger partial charge is 0.472 e. The molecule has 0 aliphatic heterocycles. The highest BCUT2D eigenvalue weighted by Crippen LogP contribution is 2.45. The average Bonchev–Trinajstić information content (AvgIpc) is 1.09. The highest BCUT2D eigenvalue weighted by atomic mass is 31.2. The van der Waals surface area contributed by atoms with Crippen LogP contribution in [0.3, 0.4) is 0 Å². The molecule has 18 heteroatoms. The Balaban J connectivity index is 4.32. The number of carbonyl (C=O) groups excluding carboxylic acids is 3. The van der Waals surface area contributed by atoms with E-state index in [1.54, 1.807) is 0 Å². The highest BCUT2D eigenvalue weighted by molar-refractivity contribution is 7.47. The molecule has 0 aliphatic carbocycles. The fraction of sp³-hybridized carbons (Fsp3) is 0.716. The Bertz CT molecular complexity index is 2290. The zero-order chi connectivity index (χ0) is 72.3. The van der Waals surface area contributed by atoms with E-state index < -0.39 is 91.5 Å². The summed E-state index contributed by atoms with van der Waals surface area (Å²) in [6, 6.07) is 0. The van der Waals surface area contributed by atoms with E-state index >= 15 is 0 Å². The van der Waals surface area contributed by atoms with Crippen LogP contribution in [-0.2, 0) is 55.8 Å². The van der Waals surface area contributed by atoms with Crippen LogP contribution in [0.5, 0.6) is 0 Å². The molecule has 16 nitrogen and oxygen atoms in total.